The van der Waals surface area contributed by atoms with Crippen LogP contribution in [0.4, 0.5) is 0 Å². The summed E-state index contributed by atoms with van der Waals surface area (Å²) in [6, 6.07) is 15.8. The number of fused-ring (bicyclic) bond motifs is 1. The molecule has 0 aliphatic carbocycles. The number of esters is 2. The zero-order chi connectivity index (χ0) is 17.8. The van der Waals surface area contributed by atoms with Crippen LogP contribution in [-0.2, 0) is 9.53 Å². The Balaban J connectivity index is 1.88. The number of aliphatic hydroxyl groups is 1. The molecule has 6 heteroatoms. The van der Waals surface area contributed by atoms with E-state index in [4.69, 9.17) is 9.47 Å². The summed E-state index contributed by atoms with van der Waals surface area (Å²) in [5.41, 5.74) is 1.42. The van der Waals surface area contributed by atoms with E-state index in [0.29, 0.717) is 16.5 Å². The topological polar surface area (TPSA) is 88.6 Å². The molecule has 0 saturated heterocycles. The zero-order valence-corrected chi connectivity index (χ0v) is 13.6. The number of nitrogens with one attached hydrogen (secondary N) is 1. The van der Waals surface area contributed by atoms with Gasteiger partial charge in [0, 0.05) is 10.9 Å². The minimum Gasteiger partial charge on any atom is -0.482 e. The smallest absolute Gasteiger partial charge is 0.351 e. The van der Waals surface area contributed by atoms with Gasteiger partial charge in [0.25, 0.3) is 0 Å². The number of para-hydroxylation sites is 1. The van der Waals surface area contributed by atoms with Crippen LogP contribution in [0.3, 0.4) is 0 Å². The van der Waals surface area contributed by atoms with Crippen molar-refractivity contribution in [2.75, 3.05) is 13.7 Å². The molecule has 2 aromatic carbocycles. The minimum absolute atomic E-state index is 0.149. The minimum atomic E-state index is -0.929. The van der Waals surface area contributed by atoms with E-state index < -0.39 is 24.5 Å². The lowest BCUT2D eigenvalue weighted by molar-refractivity contribution is -0.140. The third-order valence-corrected chi connectivity index (χ3v) is 3.94. The number of carbonyl (C=O) groups is 2. The average Bonchev–Trinajstić information content (AvgIpc) is 3.02. The third-order valence-electron chi connectivity index (χ3n) is 3.94. The summed E-state index contributed by atoms with van der Waals surface area (Å²) in [6.07, 6.45) is 0. The number of ether oxygens (including phenoxy) is 2. The van der Waals surface area contributed by atoms with E-state index in [2.05, 4.69) is 4.98 Å². The molecule has 25 heavy (non-hydrogen) atoms. The van der Waals surface area contributed by atoms with Gasteiger partial charge in [0.2, 0.25) is 5.88 Å². The van der Waals surface area contributed by atoms with Crippen LogP contribution in [0, 0.1) is 0 Å². The Labute approximate surface area is 144 Å². The summed E-state index contributed by atoms with van der Waals surface area (Å²) in [7, 11) is 1.42. The molecule has 128 valence electrons. The zero-order valence-electron chi connectivity index (χ0n) is 13.6. The van der Waals surface area contributed by atoms with Crippen molar-refractivity contribution in [2.24, 2.45) is 0 Å². The molecule has 3 aromatic rings. The Morgan fingerprint density at radius 3 is 2.44 bits per heavy atom. The molecule has 0 fully saturated rings. The Kier molecular flexibility index (Phi) is 4.81. The van der Waals surface area contributed by atoms with E-state index in [1.54, 1.807) is 48.5 Å². The first kappa shape index (κ1) is 16.7. The van der Waals surface area contributed by atoms with Gasteiger partial charge in [-0.3, -0.25) is 4.79 Å². The molecule has 0 spiro atoms. The highest BCUT2D eigenvalue weighted by Gasteiger charge is 2.28. The van der Waals surface area contributed by atoms with E-state index in [0.717, 1.165) is 0 Å². The van der Waals surface area contributed by atoms with E-state index >= 15 is 0 Å². The summed E-state index contributed by atoms with van der Waals surface area (Å²) in [6.45, 7) is -0.457. The van der Waals surface area contributed by atoms with Gasteiger partial charge in [0.1, 0.15) is 11.5 Å². The summed E-state index contributed by atoms with van der Waals surface area (Å²) < 4.78 is 10.2. The highest BCUT2D eigenvalue weighted by atomic mass is 16.6. The number of hydrogen-bond acceptors (Lipinski definition) is 5. The maximum absolute atomic E-state index is 12.5. The molecule has 1 atom stereocenters. The number of aromatic amines is 1. The van der Waals surface area contributed by atoms with Crippen LogP contribution >= 0.6 is 0 Å². The second-order valence-electron chi connectivity index (χ2n) is 5.43. The third kappa shape index (κ3) is 3.25. The Bertz CT molecular complexity index is 901. The number of aliphatic hydroxyl groups excluding tert-OH is 1. The van der Waals surface area contributed by atoms with Crippen molar-refractivity contribution < 1.29 is 24.2 Å². The summed E-state index contributed by atoms with van der Waals surface area (Å²) >= 11 is 0. The molecule has 0 amide bonds. The normalized spacial score (nSPS) is 11.9. The fraction of sp³-hybridized carbons (Fsp3) is 0.158. The average molecular weight is 339 g/mol. The Morgan fingerprint density at radius 1 is 1.08 bits per heavy atom. The van der Waals surface area contributed by atoms with Crippen molar-refractivity contribution in [2.45, 2.75) is 5.92 Å². The van der Waals surface area contributed by atoms with E-state index in [1.807, 2.05) is 6.07 Å². The first-order chi connectivity index (χ1) is 12.2. The number of carbonyl (C=O) groups excluding carboxylic acids is 2. The maximum atomic E-state index is 12.5. The quantitative estimate of drug-likeness (QED) is 0.551. The van der Waals surface area contributed by atoms with Crippen molar-refractivity contribution in [1.29, 1.82) is 0 Å². The Morgan fingerprint density at radius 2 is 1.76 bits per heavy atom. The Hall–Kier alpha value is -3.12. The van der Waals surface area contributed by atoms with Crippen LogP contribution in [0.5, 0.6) is 5.88 Å². The second-order valence-corrected chi connectivity index (χ2v) is 5.43. The molecule has 0 radical (unpaired) electrons. The van der Waals surface area contributed by atoms with E-state index in [9.17, 15) is 14.7 Å². The van der Waals surface area contributed by atoms with Crippen LogP contribution in [-0.4, -0.2) is 35.7 Å². The number of methoxy groups -OCH3 is 1. The summed E-state index contributed by atoms with van der Waals surface area (Å²) in [5.74, 6) is -2.35. The second kappa shape index (κ2) is 7.19. The number of benzene rings is 2. The number of rotatable bonds is 5. The monoisotopic (exact) mass is 339 g/mol. The maximum Gasteiger partial charge on any atom is 0.351 e. The fourth-order valence-corrected chi connectivity index (χ4v) is 2.69. The highest BCUT2D eigenvalue weighted by Crippen LogP contribution is 2.29. The number of aromatic nitrogens is 1. The molecule has 0 bridgehead atoms. The van der Waals surface area contributed by atoms with Crippen molar-refractivity contribution >= 4 is 22.8 Å². The van der Waals surface area contributed by atoms with Crippen molar-refractivity contribution in [3.05, 3.63) is 65.7 Å². The molecular weight excluding hydrogens is 322 g/mol. The lowest BCUT2D eigenvalue weighted by Crippen LogP contribution is -2.22. The molecule has 2 N–H and O–H groups in total. The first-order valence-corrected chi connectivity index (χ1v) is 7.72. The van der Waals surface area contributed by atoms with Crippen molar-refractivity contribution in [3.63, 3.8) is 0 Å². The van der Waals surface area contributed by atoms with Crippen molar-refractivity contribution in [1.82, 2.24) is 4.98 Å². The lowest BCUT2D eigenvalue weighted by atomic mass is 10.0. The predicted molar refractivity (Wildman–Crippen MR) is 91.5 cm³/mol. The van der Waals surface area contributed by atoms with Crippen LogP contribution in [0.15, 0.2) is 54.6 Å². The van der Waals surface area contributed by atoms with Crippen LogP contribution < -0.4 is 4.74 Å². The van der Waals surface area contributed by atoms with Gasteiger partial charge >= 0.3 is 11.9 Å². The molecule has 0 aliphatic rings. The molecule has 6 nitrogen and oxygen atoms in total. The first-order valence-electron chi connectivity index (χ1n) is 7.72. The molecule has 0 saturated carbocycles. The molecule has 3 rings (SSSR count). The molecule has 0 aliphatic heterocycles. The van der Waals surface area contributed by atoms with Gasteiger partial charge in [-0.05, 0) is 11.6 Å². The predicted octanol–water partition coefficient (Wildman–Crippen LogP) is 2.64. The van der Waals surface area contributed by atoms with Crippen LogP contribution in [0.2, 0.25) is 0 Å². The van der Waals surface area contributed by atoms with Gasteiger partial charge in [-0.2, -0.15) is 0 Å². The van der Waals surface area contributed by atoms with E-state index in [1.165, 1.54) is 7.11 Å². The van der Waals surface area contributed by atoms with Gasteiger partial charge in [-0.25, -0.2) is 4.79 Å². The largest absolute Gasteiger partial charge is 0.482 e. The number of H-pyrrole nitrogens is 1. The van der Waals surface area contributed by atoms with Crippen molar-refractivity contribution in [3.8, 4) is 5.88 Å². The van der Waals surface area contributed by atoms with Crippen LogP contribution in [0.25, 0.3) is 10.9 Å². The SMILES string of the molecule is COc1[nH]c2ccccc2c1C(=O)OC(=O)C(CO)c1ccccc1. The molecule has 1 unspecified atom stereocenters. The van der Waals surface area contributed by atoms with Gasteiger partial charge < -0.3 is 19.6 Å². The standard InChI is InChI=1S/C19H17NO5/c1-24-17-16(13-9-5-6-10-15(13)20-17)19(23)25-18(22)14(11-21)12-7-3-2-4-8-12/h2-10,14,20-21H,11H2,1H3. The molecular formula is C19H17NO5. The summed E-state index contributed by atoms with van der Waals surface area (Å²) in [4.78, 5) is 27.9. The van der Waals surface area contributed by atoms with Gasteiger partial charge in [0.05, 0.1) is 13.7 Å². The van der Waals surface area contributed by atoms with Crippen LogP contribution in [0.1, 0.15) is 21.8 Å². The van der Waals surface area contributed by atoms with Gasteiger partial charge in [-0.1, -0.05) is 48.5 Å². The highest BCUT2D eigenvalue weighted by molar-refractivity contribution is 6.10. The van der Waals surface area contributed by atoms with E-state index in [-0.39, 0.29) is 11.4 Å². The molecule has 1 heterocycles. The van der Waals surface area contributed by atoms with Gasteiger partial charge in [-0.15, -0.1) is 0 Å². The lowest BCUT2D eigenvalue weighted by Gasteiger charge is -2.13. The fourth-order valence-electron chi connectivity index (χ4n) is 2.69. The number of hydrogen-bond donors (Lipinski definition) is 2. The summed E-state index contributed by atoms with van der Waals surface area (Å²) in [5, 5.41) is 10.1. The van der Waals surface area contributed by atoms with Gasteiger partial charge in [0.15, 0.2) is 0 Å². The molecule has 1 aromatic heterocycles.